The molecule has 18 rings (SSSR count). The summed E-state index contributed by atoms with van der Waals surface area (Å²) >= 11 is 3.69. The fraction of sp³-hybridized carbons (Fsp3) is 0.0123. The molecule has 12 aromatic carbocycles. The molecule has 2 aliphatic rings. The molecule has 2 aliphatic carbocycles. The van der Waals surface area contributed by atoms with Gasteiger partial charge in [0.2, 0.25) is 0 Å². The quantitative estimate of drug-likeness (QED) is 0.144. The lowest BCUT2D eigenvalue weighted by Crippen LogP contribution is -2.26. The molecule has 85 heavy (non-hydrogen) atoms. The molecule has 2 nitrogen and oxygen atoms in total. The second-order valence-corrected chi connectivity index (χ2v) is 25.0. The van der Waals surface area contributed by atoms with Gasteiger partial charge in [0.25, 0.3) is 0 Å². The molecule has 16 aromatic rings. The van der Waals surface area contributed by atoms with E-state index in [1.807, 2.05) is 22.7 Å². The van der Waals surface area contributed by atoms with Gasteiger partial charge in [0.05, 0.1) is 27.5 Å². The molecule has 0 unspecified atom stereocenters. The lowest BCUT2D eigenvalue weighted by Gasteiger charge is -2.30. The summed E-state index contributed by atoms with van der Waals surface area (Å²) in [6, 6.07) is 104. The minimum atomic E-state index is -0.468. The van der Waals surface area contributed by atoms with Gasteiger partial charge in [-0.05, 0) is 198 Å². The Kier molecular flexibility index (Phi) is 10.7. The van der Waals surface area contributed by atoms with Crippen LogP contribution in [0.3, 0.4) is 0 Å². The molecule has 4 heteroatoms. The van der Waals surface area contributed by atoms with Crippen molar-refractivity contribution in [2.75, 3.05) is 0 Å². The normalized spacial score (nSPS) is 13.2. The molecule has 4 heterocycles. The van der Waals surface area contributed by atoms with Gasteiger partial charge in [-0.1, -0.05) is 194 Å². The van der Waals surface area contributed by atoms with Gasteiger partial charge < -0.3 is 9.13 Å². The maximum Gasteiger partial charge on any atom is 0.0725 e. The van der Waals surface area contributed by atoms with Crippen LogP contribution >= 0.6 is 22.7 Å². The zero-order valence-corrected chi connectivity index (χ0v) is 47.7. The number of para-hydroxylation sites is 2. The largest absolute Gasteiger partial charge is 0.309 e. The van der Waals surface area contributed by atoms with Crippen LogP contribution in [0.5, 0.6) is 0 Å². The van der Waals surface area contributed by atoms with E-state index in [0.717, 1.165) is 0 Å². The van der Waals surface area contributed by atoms with Crippen molar-refractivity contribution in [3.8, 4) is 54.5 Å². The van der Waals surface area contributed by atoms with Gasteiger partial charge in [-0.3, -0.25) is 0 Å². The van der Waals surface area contributed by atoms with E-state index in [0.29, 0.717) is 0 Å². The third-order valence-corrected chi connectivity index (χ3v) is 20.4. The average Bonchev–Trinajstić information content (AvgIpc) is 1.55. The van der Waals surface area contributed by atoms with E-state index in [9.17, 15) is 0 Å². The Morgan fingerprint density at radius 1 is 0.271 bits per heavy atom. The highest BCUT2D eigenvalue weighted by molar-refractivity contribution is 7.16. The highest BCUT2D eigenvalue weighted by atomic mass is 32.1. The molecule has 1 spiro atoms. The Balaban J connectivity index is 0.667. The molecule has 4 aromatic heterocycles. The topological polar surface area (TPSA) is 9.86 Å². The zero-order chi connectivity index (χ0) is 55.7. The summed E-state index contributed by atoms with van der Waals surface area (Å²) in [4.78, 5) is 4.96. The van der Waals surface area contributed by atoms with Crippen molar-refractivity contribution in [1.29, 1.82) is 0 Å². The standard InChI is InChI=1S/C81H50N2S2/c1-3-15-55-47-59(33-29-53(55)13-1)82-75-23-11-7-19-67(75)69-49-57(31-41-77(69)82)79-43-37-61(84-79)35-25-51-27-39-65-66-40-28-52(46-74(66)81(73(65)45-51)71-21-9-5-17-63(71)64-18-6-10-22-72(64)81)26-36-62-38-44-80(85-62)58-32-42-78-70(50-58)68-20-8-12-24-76(68)83(78)60-34-30-54-14-2-4-16-56(54)48-60/h1-50H/b35-25+,36-26+. The van der Waals surface area contributed by atoms with E-state index in [1.165, 1.54) is 163 Å². The summed E-state index contributed by atoms with van der Waals surface area (Å²) in [5.41, 5.74) is 22.2. The van der Waals surface area contributed by atoms with Crippen LogP contribution in [0.4, 0.5) is 0 Å². The average molecular weight is 1120 g/mol. The molecule has 0 aliphatic heterocycles. The third-order valence-electron chi connectivity index (χ3n) is 18.2. The van der Waals surface area contributed by atoms with E-state index in [4.69, 9.17) is 0 Å². The minimum Gasteiger partial charge on any atom is -0.309 e. The van der Waals surface area contributed by atoms with Crippen molar-refractivity contribution in [2.45, 2.75) is 5.41 Å². The predicted octanol–water partition coefficient (Wildman–Crippen LogP) is 22.3. The van der Waals surface area contributed by atoms with Gasteiger partial charge in [0.1, 0.15) is 0 Å². The number of hydrogen-bond acceptors (Lipinski definition) is 2. The molecule has 0 atom stereocenters. The van der Waals surface area contributed by atoms with Gasteiger partial charge >= 0.3 is 0 Å². The number of hydrogen-bond donors (Lipinski definition) is 0. The predicted molar refractivity (Wildman–Crippen MR) is 364 cm³/mol. The summed E-state index contributed by atoms with van der Waals surface area (Å²) in [5.74, 6) is 0. The molecular formula is C81H50N2S2. The van der Waals surface area contributed by atoms with Gasteiger partial charge in [0, 0.05) is 52.4 Å². The lowest BCUT2D eigenvalue weighted by molar-refractivity contribution is 0.793. The Hall–Kier alpha value is -10.4. The number of benzene rings is 12. The van der Waals surface area contributed by atoms with E-state index >= 15 is 0 Å². The molecule has 0 radical (unpaired) electrons. The first-order valence-electron chi connectivity index (χ1n) is 29.2. The van der Waals surface area contributed by atoms with Crippen LogP contribution in [0.1, 0.15) is 43.1 Å². The molecule has 0 N–H and O–H groups in total. The van der Waals surface area contributed by atoms with Crippen molar-refractivity contribution in [1.82, 2.24) is 9.13 Å². The maximum atomic E-state index is 2.47. The first kappa shape index (κ1) is 48.2. The highest BCUT2D eigenvalue weighted by Crippen LogP contribution is 2.63. The molecule has 0 saturated carbocycles. The summed E-state index contributed by atoms with van der Waals surface area (Å²) in [7, 11) is 0. The van der Waals surface area contributed by atoms with Crippen molar-refractivity contribution in [3.05, 3.63) is 322 Å². The van der Waals surface area contributed by atoms with Crippen LogP contribution in [-0.4, -0.2) is 9.13 Å². The number of thiophene rings is 2. The lowest BCUT2D eigenvalue weighted by atomic mass is 9.70. The molecular weight excluding hydrogens is 1070 g/mol. The fourth-order valence-electron chi connectivity index (χ4n) is 14.4. The zero-order valence-electron chi connectivity index (χ0n) is 46.1. The summed E-state index contributed by atoms with van der Waals surface area (Å²) in [6.07, 6.45) is 9.22. The van der Waals surface area contributed by atoms with Crippen LogP contribution in [-0.2, 0) is 5.41 Å². The van der Waals surface area contributed by atoms with E-state index < -0.39 is 5.41 Å². The van der Waals surface area contributed by atoms with Crippen LogP contribution in [0, 0.1) is 0 Å². The SMILES string of the molecule is C(=C\c1ccc(-c2ccc3c(c2)c2ccccc2n3-c2ccc3ccccc3c2)s1)/c1ccc2c(c1)C1(c3ccccc3-c3ccccc31)c1cc(/C=C/c3ccc(-c4ccc5c(c4)c4ccccc4n5-c4ccc5ccccc5c4)s3)ccc1-2. The number of aromatic nitrogens is 2. The van der Waals surface area contributed by atoms with Gasteiger partial charge in [-0.15, -0.1) is 22.7 Å². The van der Waals surface area contributed by atoms with Crippen LogP contribution in [0.25, 0.3) is 144 Å². The molecule has 0 amide bonds. The van der Waals surface area contributed by atoms with E-state index in [-0.39, 0.29) is 0 Å². The molecule has 0 fully saturated rings. The van der Waals surface area contributed by atoms with Crippen LogP contribution in [0.2, 0.25) is 0 Å². The first-order chi connectivity index (χ1) is 42.1. The Bertz CT molecular complexity index is 5170. The summed E-state index contributed by atoms with van der Waals surface area (Å²) < 4.78 is 4.83. The Labute approximate surface area is 500 Å². The van der Waals surface area contributed by atoms with Crippen molar-refractivity contribution >= 4 is 112 Å². The van der Waals surface area contributed by atoms with Gasteiger partial charge in [0.15, 0.2) is 0 Å². The summed E-state index contributed by atoms with van der Waals surface area (Å²) in [6.45, 7) is 0. The highest BCUT2D eigenvalue weighted by Gasteiger charge is 2.51. The Morgan fingerprint density at radius 3 is 1.18 bits per heavy atom. The first-order valence-corrected chi connectivity index (χ1v) is 30.8. The van der Waals surface area contributed by atoms with Gasteiger partial charge in [-0.2, -0.15) is 0 Å². The molecule has 396 valence electrons. The maximum absolute atomic E-state index is 2.47. The minimum absolute atomic E-state index is 0.468. The van der Waals surface area contributed by atoms with Crippen molar-refractivity contribution < 1.29 is 0 Å². The van der Waals surface area contributed by atoms with Crippen molar-refractivity contribution in [2.24, 2.45) is 0 Å². The van der Waals surface area contributed by atoms with Crippen LogP contribution < -0.4 is 0 Å². The number of rotatable bonds is 8. The summed E-state index contributed by atoms with van der Waals surface area (Å²) in [5, 5.41) is 10.0. The van der Waals surface area contributed by atoms with Gasteiger partial charge in [-0.25, -0.2) is 0 Å². The van der Waals surface area contributed by atoms with Crippen LogP contribution in [0.15, 0.2) is 279 Å². The molecule has 0 bridgehead atoms. The smallest absolute Gasteiger partial charge is 0.0725 e. The monoisotopic (exact) mass is 1110 g/mol. The van der Waals surface area contributed by atoms with E-state index in [1.54, 1.807) is 0 Å². The number of nitrogens with zero attached hydrogens (tertiary/aromatic N) is 2. The number of fused-ring (bicyclic) bond motifs is 18. The van der Waals surface area contributed by atoms with E-state index in [2.05, 4.69) is 312 Å². The third kappa shape index (κ3) is 7.42. The second kappa shape index (κ2) is 18.8. The van der Waals surface area contributed by atoms with Crippen molar-refractivity contribution in [3.63, 3.8) is 0 Å². The molecule has 0 saturated heterocycles. The second-order valence-electron chi connectivity index (χ2n) is 22.8. The Morgan fingerprint density at radius 2 is 0.682 bits per heavy atom. The fourth-order valence-corrected chi connectivity index (χ4v) is 16.2.